The van der Waals surface area contributed by atoms with Gasteiger partial charge in [0.1, 0.15) is 52.7 Å². The molecule has 4 aromatic carbocycles. The third-order valence-corrected chi connectivity index (χ3v) is 13.5. The Labute approximate surface area is 315 Å². The van der Waals surface area contributed by atoms with E-state index in [2.05, 4.69) is 35.0 Å². The van der Waals surface area contributed by atoms with Crippen LogP contribution < -0.4 is 43.1 Å². The minimum absolute atomic E-state index is 0.141. The Bertz CT molecular complexity index is 2090. The van der Waals surface area contributed by atoms with Crippen LogP contribution >= 0.6 is 22.7 Å². The van der Waals surface area contributed by atoms with Crippen LogP contribution in [0, 0.1) is 122 Å². The monoisotopic (exact) mass is 972 g/mol. The van der Waals surface area contributed by atoms with Crippen molar-refractivity contribution in [2.45, 2.75) is 0 Å². The molecule has 296 valence electrons. The summed E-state index contributed by atoms with van der Waals surface area (Å²) >= 11 is 3.89. The number of rotatable bonds is 6. The lowest BCUT2D eigenvalue weighted by molar-refractivity contribution is -0.585. The lowest BCUT2D eigenvalue weighted by atomic mass is 9.12. The van der Waals surface area contributed by atoms with E-state index in [4.69, 9.17) is 0 Å². The van der Waals surface area contributed by atoms with E-state index in [9.17, 15) is 52.7 Å². The smallest absolute Gasteiger partial charge is 0.207 e. The molecule has 0 aliphatic rings. The second kappa shape index (κ2) is 15.9. The minimum Gasteiger partial charge on any atom is -0.207 e. The van der Waals surface area contributed by atoms with Gasteiger partial charge in [0, 0.05) is 12.1 Å². The molecule has 0 aliphatic carbocycles. The lowest BCUT2D eigenvalue weighted by Gasteiger charge is -2.44. The van der Waals surface area contributed by atoms with Crippen LogP contribution in [0.15, 0.2) is 35.0 Å². The Morgan fingerprint density at radius 1 is 0.286 bits per heavy atom. The average molecular weight is 972 g/mol. The first kappa shape index (κ1) is 42.8. The summed E-state index contributed by atoms with van der Waals surface area (Å²) in [6.45, 7) is 0. The van der Waals surface area contributed by atoms with Crippen LogP contribution in [-0.2, 0) is 0 Å². The Morgan fingerprint density at radius 3 is 0.625 bits per heavy atom. The predicted octanol–water partition coefficient (Wildman–Crippen LogP) is 5.78. The van der Waals surface area contributed by atoms with Gasteiger partial charge in [-0.25, -0.2) is 87.8 Å². The normalized spacial score (nSPS) is 11.6. The summed E-state index contributed by atoms with van der Waals surface area (Å²) in [5.74, 6) is -71.4. The standard InChI is InChI=1S/C24BF20.C8H6IS2/c26-5-1(6(27)14(35)21(42)13(5)34)25(2-7(28)15(36)22(43)16(37)8(2)29,3-9(30)17(38)23(44)18(39)10(3)31)4-11(32)19(40)24(45)20(41)12(4)33;1-3-7(10-5-1)9-8-4-2-6-11-8/h;1-6H/q-1;+1. The van der Waals surface area contributed by atoms with Crippen molar-refractivity contribution >= 4 is 50.7 Å². The summed E-state index contributed by atoms with van der Waals surface area (Å²) in [5, 5.41) is 4.31. The van der Waals surface area contributed by atoms with Gasteiger partial charge >= 0.3 is 21.2 Å². The maximum atomic E-state index is 15.4. The van der Waals surface area contributed by atoms with Crippen LogP contribution in [0.5, 0.6) is 0 Å². The highest BCUT2D eigenvalue weighted by Gasteiger charge is 2.52. The zero-order chi connectivity index (χ0) is 41.9. The summed E-state index contributed by atoms with van der Waals surface area (Å²) in [5.41, 5.74) is -14.3. The molecule has 0 nitrogen and oxygen atoms in total. The van der Waals surface area contributed by atoms with Crippen LogP contribution in [0.4, 0.5) is 87.8 Å². The van der Waals surface area contributed by atoms with Crippen molar-refractivity contribution < 1.29 is 109 Å². The Morgan fingerprint density at radius 2 is 0.464 bits per heavy atom. The zero-order valence-electron chi connectivity index (χ0n) is 25.8. The SMILES string of the molecule is Fc1c(F)c(F)c([B-](c2c(F)c(F)c(F)c(F)c2F)(c2c(F)c(F)c(F)c(F)c2F)c2c(F)c(F)c(F)c(F)c2F)c(F)c1F.c1csc([I+]c2cccs2)c1. The molecular formula is C32H6BF20IS2. The van der Waals surface area contributed by atoms with Crippen LogP contribution in [0.2, 0.25) is 0 Å². The molecular weight excluding hydrogens is 966 g/mol. The molecule has 0 bridgehead atoms. The molecule has 0 fully saturated rings. The summed E-state index contributed by atoms with van der Waals surface area (Å²) in [4.78, 5) is 0. The number of hydrogen-bond donors (Lipinski definition) is 0. The molecule has 6 aromatic rings. The van der Waals surface area contributed by atoms with Gasteiger partial charge in [-0.15, -0.1) is 21.9 Å². The van der Waals surface area contributed by atoms with E-state index < -0.39 is 144 Å². The largest absolute Gasteiger partial charge is 0.381 e. The van der Waals surface area contributed by atoms with E-state index in [-0.39, 0.29) is 21.2 Å². The van der Waals surface area contributed by atoms with E-state index in [0.29, 0.717) is 0 Å². The third kappa shape index (κ3) is 6.59. The molecule has 0 saturated carbocycles. The maximum absolute atomic E-state index is 15.4. The molecule has 0 aliphatic heterocycles. The topological polar surface area (TPSA) is 0 Å². The summed E-state index contributed by atoms with van der Waals surface area (Å²) in [6.07, 6.45) is -7.22. The average Bonchev–Trinajstić information content (AvgIpc) is 3.90. The van der Waals surface area contributed by atoms with Gasteiger partial charge < -0.3 is 0 Å². The van der Waals surface area contributed by atoms with Crippen LogP contribution in [0.3, 0.4) is 0 Å². The summed E-state index contributed by atoms with van der Waals surface area (Å²) in [6, 6.07) is 8.73. The fourth-order valence-corrected chi connectivity index (χ4v) is 11.0. The molecule has 0 N–H and O–H groups in total. The molecule has 24 heteroatoms. The first-order chi connectivity index (χ1) is 26.2. The molecule has 0 radical (unpaired) electrons. The molecule has 2 aromatic heterocycles. The van der Waals surface area contributed by atoms with Gasteiger partial charge in [0.25, 0.3) is 0 Å². The number of halogens is 21. The summed E-state index contributed by atoms with van der Waals surface area (Å²) in [7, 11) is 0. The van der Waals surface area contributed by atoms with E-state index >= 15 is 35.1 Å². The van der Waals surface area contributed by atoms with Gasteiger partial charge in [-0.05, 0) is 22.9 Å². The minimum atomic E-state index is -7.22. The number of thiophene rings is 2. The first-order valence-corrected chi connectivity index (χ1v) is 18.0. The molecule has 0 saturated heterocycles. The van der Waals surface area contributed by atoms with E-state index in [1.165, 1.54) is 0 Å². The molecule has 0 amide bonds. The second-order valence-corrected chi connectivity index (χ2v) is 17.0. The fourth-order valence-electron chi connectivity index (χ4n) is 5.59. The Kier molecular flexibility index (Phi) is 12.2. The van der Waals surface area contributed by atoms with Crippen molar-refractivity contribution in [2.75, 3.05) is 0 Å². The van der Waals surface area contributed by atoms with Gasteiger partial charge in [-0.1, -0.05) is 22.7 Å². The first-order valence-electron chi connectivity index (χ1n) is 14.1. The fraction of sp³-hybridized carbons (Fsp3) is 0. The van der Waals surface area contributed by atoms with Crippen LogP contribution in [0.1, 0.15) is 0 Å². The maximum Gasteiger partial charge on any atom is 0.381 e. The molecule has 2 heterocycles. The Hall–Kier alpha value is -4.33. The van der Waals surface area contributed by atoms with E-state index in [1.807, 2.05) is 22.7 Å². The van der Waals surface area contributed by atoms with Crippen molar-refractivity contribution in [3.05, 3.63) is 157 Å². The second-order valence-electron chi connectivity index (χ2n) is 10.7. The van der Waals surface area contributed by atoms with Gasteiger partial charge in [0.05, 0.1) is 0 Å². The Balaban J connectivity index is 0.000000463. The highest BCUT2D eigenvalue weighted by atomic mass is 127. The molecule has 0 unspecified atom stereocenters. The predicted molar refractivity (Wildman–Crippen MR) is 155 cm³/mol. The van der Waals surface area contributed by atoms with Gasteiger partial charge in [-0.2, -0.15) is 0 Å². The number of benzene rings is 4. The zero-order valence-corrected chi connectivity index (χ0v) is 29.6. The number of hydrogen-bond acceptors (Lipinski definition) is 2. The van der Waals surface area contributed by atoms with E-state index in [1.54, 1.807) is 5.77 Å². The van der Waals surface area contributed by atoms with Gasteiger partial charge in [-0.3, -0.25) is 0 Å². The van der Waals surface area contributed by atoms with Crippen LogP contribution in [-0.4, -0.2) is 6.15 Å². The molecule has 56 heavy (non-hydrogen) atoms. The van der Waals surface area contributed by atoms with Crippen molar-refractivity contribution in [1.82, 2.24) is 0 Å². The lowest BCUT2D eigenvalue weighted by Crippen LogP contribution is -3.61. The quantitative estimate of drug-likeness (QED) is 0.0654. The molecule has 6 rings (SSSR count). The van der Waals surface area contributed by atoms with Crippen molar-refractivity contribution in [1.29, 1.82) is 0 Å². The van der Waals surface area contributed by atoms with Crippen molar-refractivity contribution in [2.24, 2.45) is 0 Å². The van der Waals surface area contributed by atoms with Crippen LogP contribution in [0.25, 0.3) is 0 Å². The van der Waals surface area contributed by atoms with Gasteiger partial charge in [0.2, 0.25) is 5.77 Å². The third-order valence-electron chi connectivity index (χ3n) is 7.87. The van der Waals surface area contributed by atoms with Crippen molar-refractivity contribution in [3.63, 3.8) is 0 Å². The van der Waals surface area contributed by atoms with Crippen molar-refractivity contribution in [3.8, 4) is 0 Å². The highest BCUT2D eigenvalue weighted by molar-refractivity contribution is 7.20. The molecule has 0 atom stereocenters. The summed E-state index contributed by atoms with van der Waals surface area (Å²) < 4.78 is 297. The van der Waals surface area contributed by atoms with Gasteiger partial charge in [0.15, 0.2) is 69.8 Å². The molecule has 0 spiro atoms. The highest BCUT2D eigenvalue weighted by Crippen LogP contribution is 2.30. The van der Waals surface area contributed by atoms with E-state index in [0.717, 1.165) is 0 Å².